The lowest BCUT2D eigenvalue weighted by Gasteiger charge is -2.32. The van der Waals surface area contributed by atoms with E-state index >= 15 is 0 Å². The molecule has 12 unspecified atom stereocenters. The SMILES string of the molecule is OCC(O)C(O)Cc1cncc(C(F)C(O)C(O)C(O)C(O)C(O)C(F)C(O)c2cncc(CC(F)C(O)CO)n2)n1. The van der Waals surface area contributed by atoms with E-state index in [0.717, 1.165) is 24.8 Å². The molecule has 15 nitrogen and oxygen atoms in total. The second-order valence-electron chi connectivity index (χ2n) is 9.61. The van der Waals surface area contributed by atoms with Gasteiger partial charge in [0, 0.05) is 25.2 Å². The summed E-state index contributed by atoms with van der Waals surface area (Å²) >= 11 is 0. The third-order valence-electron chi connectivity index (χ3n) is 6.38. The molecule has 0 aliphatic rings. The van der Waals surface area contributed by atoms with Crippen LogP contribution in [0.25, 0.3) is 0 Å². The number of hydrogen-bond donors (Lipinski definition) is 11. The minimum atomic E-state index is -2.81. The van der Waals surface area contributed by atoms with Crippen LogP contribution in [0.2, 0.25) is 0 Å². The Morgan fingerprint density at radius 2 is 1.02 bits per heavy atom. The van der Waals surface area contributed by atoms with Crippen molar-refractivity contribution < 1.29 is 69.3 Å². The molecule has 0 fully saturated rings. The largest absolute Gasteiger partial charge is 0.394 e. The highest BCUT2D eigenvalue weighted by Crippen LogP contribution is 2.27. The van der Waals surface area contributed by atoms with E-state index in [-0.39, 0.29) is 17.8 Å². The average Bonchev–Trinajstić information content (AvgIpc) is 3.00. The monoisotopic (exact) mass is 612 g/mol. The summed E-state index contributed by atoms with van der Waals surface area (Å²) in [5.41, 5.74) is -1.41. The number of hydrogen-bond acceptors (Lipinski definition) is 15. The maximum atomic E-state index is 14.9. The van der Waals surface area contributed by atoms with Gasteiger partial charge in [-0.2, -0.15) is 0 Å². The van der Waals surface area contributed by atoms with Crippen molar-refractivity contribution in [2.75, 3.05) is 13.2 Å². The number of aliphatic hydroxyl groups excluding tert-OH is 11. The van der Waals surface area contributed by atoms with Crippen molar-refractivity contribution in [3.8, 4) is 0 Å². The highest BCUT2D eigenvalue weighted by atomic mass is 19.1. The third-order valence-corrected chi connectivity index (χ3v) is 6.38. The summed E-state index contributed by atoms with van der Waals surface area (Å²) in [6.07, 6.45) is -24.5. The normalized spacial score (nSPS) is 20.8. The van der Waals surface area contributed by atoms with Gasteiger partial charge < -0.3 is 56.2 Å². The molecular weight excluding hydrogens is 577 g/mol. The van der Waals surface area contributed by atoms with Crippen molar-refractivity contribution in [1.82, 2.24) is 19.9 Å². The van der Waals surface area contributed by atoms with E-state index in [1.165, 1.54) is 0 Å². The van der Waals surface area contributed by atoms with E-state index < -0.39 is 104 Å². The van der Waals surface area contributed by atoms with Crippen LogP contribution in [0.15, 0.2) is 24.8 Å². The molecule has 42 heavy (non-hydrogen) atoms. The van der Waals surface area contributed by atoms with Crippen LogP contribution >= 0.6 is 0 Å². The van der Waals surface area contributed by atoms with Gasteiger partial charge >= 0.3 is 0 Å². The Bertz CT molecular complexity index is 1020. The topological polar surface area (TPSA) is 274 Å². The predicted molar refractivity (Wildman–Crippen MR) is 132 cm³/mol. The molecule has 0 radical (unpaired) electrons. The molecule has 18 heteroatoms. The van der Waals surface area contributed by atoms with Gasteiger partial charge in [-0.3, -0.25) is 19.9 Å². The second-order valence-corrected chi connectivity index (χ2v) is 9.61. The Balaban J connectivity index is 2.08. The summed E-state index contributed by atoms with van der Waals surface area (Å²) in [7, 11) is 0. The molecule has 0 amide bonds. The Kier molecular flexibility index (Phi) is 13.9. The first-order valence-corrected chi connectivity index (χ1v) is 12.6. The lowest BCUT2D eigenvalue weighted by Crippen LogP contribution is -2.53. The van der Waals surface area contributed by atoms with Gasteiger partial charge in [0.05, 0.1) is 54.5 Å². The van der Waals surface area contributed by atoms with Crippen LogP contribution in [0, 0.1) is 0 Å². The Labute approximate surface area is 236 Å². The van der Waals surface area contributed by atoms with Gasteiger partial charge in [-0.05, 0) is 0 Å². The second kappa shape index (κ2) is 16.4. The lowest BCUT2D eigenvalue weighted by molar-refractivity contribution is -0.163. The molecule has 11 N–H and O–H groups in total. The Hall–Kier alpha value is -2.49. The van der Waals surface area contributed by atoms with E-state index in [0.29, 0.717) is 0 Å². The average molecular weight is 613 g/mol. The molecule has 0 aliphatic heterocycles. The summed E-state index contributed by atoms with van der Waals surface area (Å²) in [6.45, 7) is -1.66. The fraction of sp³-hybridized carbons (Fsp3) is 0.667. The maximum absolute atomic E-state index is 14.9. The number of rotatable bonds is 17. The fourth-order valence-electron chi connectivity index (χ4n) is 3.73. The summed E-state index contributed by atoms with van der Waals surface area (Å²) < 4.78 is 43.8. The number of halogens is 3. The zero-order valence-electron chi connectivity index (χ0n) is 21.9. The van der Waals surface area contributed by atoms with Crippen LogP contribution in [0.4, 0.5) is 13.2 Å². The molecule has 0 aromatic carbocycles. The van der Waals surface area contributed by atoms with Crippen molar-refractivity contribution in [2.45, 2.75) is 86.3 Å². The molecule has 2 heterocycles. The van der Waals surface area contributed by atoms with Gasteiger partial charge in [-0.15, -0.1) is 0 Å². The smallest absolute Gasteiger partial charge is 0.172 e. The van der Waals surface area contributed by atoms with Gasteiger partial charge in [-0.1, -0.05) is 0 Å². The molecule has 2 aromatic rings. The van der Waals surface area contributed by atoms with Crippen molar-refractivity contribution in [3.05, 3.63) is 47.6 Å². The highest BCUT2D eigenvalue weighted by Gasteiger charge is 2.43. The minimum Gasteiger partial charge on any atom is -0.394 e. The zero-order valence-corrected chi connectivity index (χ0v) is 21.9. The van der Waals surface area contributed by atoms with E-state index in [9.17, 15) is 59.1 Å². The van der Waals surface area contributed by atoms with E-state index in [1.807, 2.05) is 0 Å². The third kappa shape index (κ3) is 9.25. The van der Waals surface area contributed by atoms with Crippen molar-refractivity contribution in [2.24, 2.45) is 0 Å². The van der Waals surface area contributed by atoms with Crippen molar-refractivity contribution in [1.29, 1.82) is 0 Å². The quantitative estimate of drug-likeness (QED) is 0.0805. The van der Waals surface area contributed by atoms with Crippen LogP contribution < -0.4 is 0 Å². The molecule has 2 aromatic heterocycles. The standard InChI is InChI=1S/C24H35F3N4O11/c25-11(15(35)7-32)1-9-3-29-6-13(31-9)19(37)18(27)21(39)23(41)24(42)22(40)20(38)17(26)12-5-28-4-10(30-12)2-14(34)16(36)8-33/h3-6,11,14-24,32-42H,1-2,7-8H2. The number of nitrogens with zero attached hydrogens (tertiary/aromatic N) is 4. The number of alkyl halides is 3. The van der Waals surface area contributed by atoms with Crippen LogP contribution in [0.3, 0.4) is 0 Å². The van der Waals surface area contributed by atoms with Gasteiger partial charge in [0.1, 0.15) is 55.0 Å². The molecule has 0 saturated heterocycles. The van der Waals surface area contributed by atoms with Gasteiger partial charge in [0.25, 0.3) is 0 Å². The summed E-state index contributed by atoms with van der Waals surface area (Å²) in [5.74, 6) is 0. The number of aliphatic hydroxyl groups is 11. The first-order chi connectivity index (χ1) is 19.7. The first kappa shape index (κ1) is 35.7. The van der Waals surface area contributed by atoms with Crippen LogP contribution in [0.1, 0.15) is 35.1 Å². The molecule has 0 bridgehead atoms. The molecule has 2 rings (SSSR count). The van der Waals surface area contributed by atoms with Crippen molar-refractivity contribution >= 4 is 0 Å². The van der Waals surface area contributed by atoms with Crippen LogP contribution in [0.5, 0.6) is 0 Å². The molecule has 238 valence electrons. The van der Waals surface area contributed by atoms with E-state index in [2.05, 4.69) is 19.9 Å². The van der Waals surface area contributed by atoms with Crippen LogP contribution in [-0.4, -0.2) is 150 Å². The van der Waals surface area contributed by atoms with Crippen molar-refractivity contribution in [3.63, 3.8) is 0 Å². The van der Waals surface area contributed by atoms with E-state index in [4.69, 9.17) is 10.2 Å². The molecule has 0 spiro atoms. The summed E-state index contributed by atoms with van der Waals surface area (Å²) in [4.78, 5) is 14.9. The fourth-order valence-corrected chi connectivity index (χ4v) is 3.73. The van der Waals surface area contributed by atoms with E-state index in [1.54, 1.807) is 0 Å². The molecular formula is C24H35F3N4O11. The predicted octanol–water partition coefficient (Wildman–Crippen LogP) is -4.36. The Morgan fingerprint density at radius 1 is 0.548 bits per heavy atom. The van der Waals surface area contributed by atoms with Crippen LogP contribution in [-0.2, 0) is 12.8 Å². The zero-order chi connectivity index (χ0) is 31.7. The number of aromatic nitrogens is 4. The summed E-state index contributed by atoms with van der Waals surface area (Å²) in [6, 6.07) is 0. The first-order valence-electron chi connectivity index (χ1n) is 12.6. The highest BCUT2D eigenvalue weighted by molar-refractivity contribution is 5.11. The Morgan fingerprint density at radius 3 is 1.60 bits per heavy atom. The molecule has 0 aliphatic carbocycles. The van der Waals surface area contributed by atoms with Gasteiger partial charge in [0.15, 0.2) is 12.3 Å². The van der Waals surface area contributed by atoms with Gasteiger partial charge in [0.2, 0.25) is 0 Å². The lowest BCUT2D eigenvalue weighted by atomic mass is 9.92. The minimum absolute atomic E-state index is 0.0825. The molecule has 0 saturated carbocycles. The molecule has 12 atom stereocenters. The maximum Gasteiger partial charge on any atom is 0.172 e. The summed E-state index contributed by atoms with van der Waals surface area (Å²) in [5, 5.41) is 108. The van der Waals surface area contributed by atoms with Gasteiger partial charge in [-0.25, -0.2) is 13.2 Å².